The lowest BCUT2D eigenvalue weighted by atomic mass is 9.84. The fourth-order valence-electron chi connectivity index (χ4n) is 11.0. The number of likely N-dealkylation sites (N-methyl/N-ethyl adjacent to an activating group) is 1. The molecule has 0 saturated carbocycles. The number of amides is 5. The number of nitrogens with one attached hydrogen (secondary N) is 2. The predicted molar refractivity (Wildman–Crippen MR) is 262 cm³/mol. The maximum Gasteiger partial charge on any atom is 0.324 e. The summed E-state index contributed by atoms with van der Waals surface area (Å²) in [7, 11) is 3.31. The molecule has 1 spiro atoms. The van der Waals surface area contributed by atoms with Crippen LogP contribution in [0.4, 0.5) is 4.79 Å². The van der Waals surface area contributed by atoms with Crippen molar-refractivity contribution in [2.45, 2.75) is 104 Å². The largest absolute Gasteiger partial charge is 0.464 e. The number of morpholine rings is 1. The molecule has 3 fully saturated rings. The number of pyridine rings is 1. The molecule has 0 aliphatic carbocycles. The summed E-state index contributed by atoms with van der Waals surface area (Å²) in [5, 5.41) is 5.67. The number of aryl methyl sites for hydroxylation is 1. The molecule has 5 atom stereocenters. The number of aromatic nitrogens is 2. The number of likely N-dealkylation sites (tertiary alicyclic amines) is 1. The van der Waals surface area contributed by atoms with Crippen LogP contribution in [0.3, 0.4) is 0 Å². The number of nitrogens with zero attached hydrogens (tertiary/aromatic N) is 7. The lowest BCUT2D eigenvalue weighted by Crippen LogP contribution is -2.73. The van der Waals surface area contributed by atoms with E-state index >= 15 is 0 Å². The van der Waals surface area contributed by atoms with Crippen molar-refractivity contribution in [2.75, 3.05) is 79.7 Å². The van der Waals surface area contributed by atoms with Crippen LogP contribution >= 0.6 is 0 Å². The molecule has 5 aliphatic heterocycles. The molecule has 17 heteroatoms. The molecule has 17 nitrogen and oxygen atoms in total. The van der Waals surface area contributed by atoms with Crippen LogP contribution in [0.2, 0.25) is 0 Å². The van der Waals surface area contributed by atoms with Crippen molar-refractivity contribution in [3.63, 3.8) is 0 Å². The molecule has 5 aliphatic rings. The molecule has 7 heterocycles. The molecular formula is C52H71N9O8. The molecule has 1 aromatic carbocycles. The minimum absolute atomic E-state index is 0.144. The lowest BCUT2D eigenvalue weighted by Gasteiger charge is -2.54. The average Bonchev–Trinajstić information content (AvgIpc) is 3.64. The summed E-state index contributed by atoms with van der Waals surface area (Å²) in [6, 6.07) is 7.67. The van der Waals surface area contributed by atoms with Crippen LogP contribution in [-0.4, -0.2) is 167 Å². The molecule has 2 aromatic heterocycles. The van der Waals surface area contributed by atoms with Crippen LogP contribution in [-0.2, 0) is 46.4 Å². The smallest absolute Gasteiger partial charge is 0.324 e. The summed E-state index contributed by atoms with van der Waals surface area (Å²) in [4.78, 5) is 81.6. The Morgan fingerprint density at radius 3 is 2.58 bits per heavy atom. The van der Waals surface area contributed by atoms with Gasteiger partial charge in [-0.3, -0.25) is 34.1 Å². The van der Waals surface area contributed by atoms with E-state index in [-0.39, 0.29) is 56.1 Å². The lowest BCUT2D eigenvalue weighted by molar-refractivity contribution is -0.178. The van der Waals surface area contributed by atoms with Crippen LogP contribution in [0.5, 0.6) is 0 Å². The van der Waals surface area contributed by atoms with Crippen LogP contribution < -0.4 is 10.7 Å². The minimum Gasteiger partial charge on any atom is -0.464 e. The van der Waals surface area contributed by atoms with E-state index in [1.54, 1.807) is 30.2 Å². The highest BCUT2D eigenvalue weighted by atomic mass is 16.5. The fourth-order valence-corrected chi connectivity index (χ4v) is 11.0. The Bertz CT molecular complexity index is 2490. The molecule has 3 saturated heterocycles. The number of hydrazine groups is 1. The molecule has 5 amide bonds. The van der Waals surface area contributed by atoms with Gasteiger partial charge in [-0.2, -0.15) is 0 Å². The minimum atomic E-state index is -1.02. The number of esters is 1. The summed E-state index contributed by atoms with van der Waals surface area (Å²) in [6.45, 7) is 20.1. The van der Waals surface area contributed by atoms with Crippen LogP contribution in [0, 0.1) is 11.3 Å². The van der Waals surface area contributed by atoms with E-state index in [0.29, 0.717) is 65.1 Å². The average molecular weight is 950 g/mol. The Hall–Kier alpha value is -5.62. The van der Waals surface area contributed by atoms with E-state index in [0.717, 1.165) is 51.0 Å². The van der Waals surface area contributed by atoms with Gasteiger partial charge in [0.1, 0.15) is 23.7 Å². The number of rotatable bonds is 9. The second-order valence-corrected chi connectivity index (χ2v) is 20.6. The molecule has 6 bridgehead atoms. The van der Waals surface area contributed by atoms with Crippen molar-refractivity contribution in [1.82, 2.24) is 44.9 Å². The SMILES string of the molecule is C=CC(=O)N1CCOC2(C1)CN(C(=O)N(C)[C@H](C(=O)N[C@H]1CN3CCC=C(C3)c3ccc4c(c3)c(c(-c3cccnc3[C@H](C)OC)n4CC)CC(C)(C)COC(=O)[C@@H]3CCCN(N3)C1=O)C(C)C)C2. The van der Waals surface area contributed by atoms with Gasteiger partial charge in [0.05, 0.1) is 50.3 Å². The van der Waals surface area contributed by atoms with E-state index in [9.17, 15) is 24.0 Å². The molecular weight excluding hydrogens is 879 g/mol. The highest BCUT2D eigenvalue weighted by Crippen LogP contribution is 2.42. The number of hydrogen-bond acceptors (Lipinski definition) is 11. The summed E-state index contributed by atoms with van der Waals surface area (Å²) in [5.41, 5.74) is 9.34. The van der Waals surface area contributed by atoms with Crippen LogP contribution in [0.1, 0.15) is 83.7 Å². The van der Waals surface area contributed by atoms with Crippen molar-refractivity contribution in [2.24, 2.45) is 11.3 Å². The highest BCUT2D eigenvalue weighted by molar-refractivity contribution is 5.95. The van der Waals surface area contributed by atoms with Crippen LogP contribution in [0.15, 0.2) is 55.3 Å². The number of hydrogen-bond donors (Lipinski definition) is 2. The standard InChI is InChI=1S/C52H71N9O8/c1-10-43(62)58-23-24-69-52(29-58)30-59(31-52)50(66)56(8)45(33(3)4)47(63)54-41-28-57-21-13-15-36(27-57)35-18-19-42-38(25-35)39(46(60(42)11-2)37-16-12-20-53-44(37)34(5)67-9)26-51(6,7)32-68-49(65)40-17-14-22-61(55-40)48(41)64/h10,12,15-16,18-20,25,33-34,40-41,45,55H,1,11,13-14,17,21-24,26-32H2,2-9H3,(H,54,63)/t34-,40-,41-,45-/m0/s1. The monoisotopic (exact) mass is 950 g/mol. The normalized spacial score (nSPS) is 23.6. The molecule has 3 aromatic rings. The summed E-state index contributed by atoms with van der Waals surface area (Å²) in [6.07, 6.45) is 7.48. The van der Waals surface area contributed by atoms with Gasteiger partial charge in [-0.05, 0) is 92.5 Å². The number of cyclic esters (lactones) is 1. The van der Waals surface area contributed by atoms with Gasteiger partial charge in [0, 0.05) is 81.5 Å². The van der Waals surface area contributed by atoms with E-state index in [2.05, 4.69) is 77.9 Å². The summed E-state index contributed by atoms with van der Waals surface area (Å²) < 4.78 is 20.4. The first-order chi connectivity index (χ1) is 33.0. The van der Waals surface area contributed by atoms with Crippen molar-refractivity contribution >= 4 is 46.2 Å². The zero-order chi connectivity index (χ0) is 49.4. The first-order valence-corrected chi connectivity index (χ1v) is 24.6. The van der Waals surface area contributed by atoms with E-state index in [4.69, 9.17) is 19.2 Å². The number of methoxy groups -OCH3 is 1. The Balaban J connectivity index is 1.10. The molecule has 8 rings (SSSR count). The maximum absolute atomic E-state index is 14.8. The number of urea groups is 1. The van der Waals surface area contributed by atoms with Gasteiger partial charge >= 0.3 is 12.0 Å². The van der Waals surface area contributed by atoms with Gasteiger partial charge in [-0.1, -0.05) is 46.4 Å². The van der Waals surface area contributed by atoms with Crippen LogP contribution in [0.25, 0.3) is 27.7 Å². The number of benzene rings is 1. The van der Waals surface area contributed by atoms with E-state index < -0.39 is 41.0 Å². The molecule has 372 valence electrons. The molecule has 2 N–H and O–H groups in total. The fraction of sp³-hybridized carbons (Fsp3) is 0.577. The molecule has 1 unspecified atom stereocenters. The van der Waals surface area contributed by atoms with Crippen molar-refractivity contribution in [1.29, 1.82) is 0 Å². The van der Waals surface area contributed by atoms with Gasteiger partial charge in [0.2, 0.25) is 11.8 Å². The van der Waals surface area contributed by atoms with Gasteiger partial charge < -0.3 is 38.8 Å². The molecule has 69 heavy (non-hydrogen) atoms. The third kappa shape index (κ3) is 10.2. The van der Waals surface area contributed by atoms with Crippen molar-refractivity contribution in [3.8, 4) is 11.3 Å². The van der Waals surface area contributed by atoms with Crippen molar-refractivity contribution in [3.05, 3.63) is 72.1 Å². The Morgan fingerprint density at radius 2 is 1.86 bits per heavy atom. The van der Waals surface area contributed by atoms with Gasteiger partial charge in [-0.15, -0.1) is 0 Å². The third-order valence-electron chi connectivity index (χ3n) is 14.6. The number of ether oxygens (including phenoxy) is 3. The zero-order valence-electron chi connectivity index (χ0n) is 41.7. The van der Waals surface area contributed by atoms with Gasteiger partial charge in [0.25, 0.3) is 5.91 Å². The second-order valence-electron chi connectivity index (χ2n) is 20.6. The second kappa shape index (κ2) is 20.4. The third-order valence-corrected chi connectivity index (χ3v) is 14.6. The summed E-state index contributed by atoms with van der Waals surface area (Å²) in [5.74, 6) is -1.76. The molecule has 0 radical (unpaired) electrons. The van der Waals surface area contributed by atoms with Gasteiger partial charge in [0.15, 0.2) is 0 Å². The van der Waals surface area contributed by atoms with Crippen molar-refractivity contribution < 1.29 is 38.2 Å². The Morgan fingerprint density at radius 1 is 1.09 bits per heavy atom. The van der Waals surface area contributed by atoms with E-state index in [1.807, 2.05) is 26.8 Å². The van der Waals surface area contributed by atoms with E-state index in [1.165, 1.54) is 16.0 Å². The summed E-state index contributed by atoms with van der Waals surface area (Å²) >= 11 is 0. The highest BCUT2D eigenvalue weighted by Gasteiger charge is 2.51. The number of carbonyl (C=O) groups excluding carboxylic acids is 5. The Labute approximate surface area is 406 Å². The Kier molecular flexibility index (Phi) is 14.7. The first-order valence-electron chi connectivity index (χ1n) is 24.6. The first kappa shape index (κ1) is 49.8. The zero-order valence-corrected chi connectivity index (χ0v) is 41.7. The number of fused-ring (bicyclic) bond motifs is 6. The predicted octanol–water partition coefficient (Wildman–Crippen LogP) is 4.80. The quantitative estimate of drug-likeness (QED) is 0.223. The number of carbonyl (C=O) groups is 5. The topological polar surface area (TPSA) is 171 Å². The maximum atomic E-state index is 14.8. The van der Waals surface area contributed by atoms with Gasteiger partial charge in [-0.25, -0.2) is 10.2 Å².